The molecule has 0 aliphatic carbocycles. The molecule has 0 saturated heterocycles. The van der Waals surface area contributed by atoms with E-state index in [2.05, 4.69) is 12.6 Å². The van der Waals surface area contributed by atoms with Crippen LogP contribution >= 0.6 is 12.6 Å². The van der Waals surface area contributed by atoms with Crippen molar-refractivity contribution in [3.8, 4) is 0 Å². The number of hydrogen-bond acceptors (Lipinski definition) is 2. The molecule has 64 valence electrons. The normalized spacial score (nSPS) is 9.92. The fraction of sp³-hybridized carbons (Fsp3) is 0.300. The van der Waals surface area contributed by atoms with Crippen molar-refractivity contribution in [2.24, 2.45) is 0 Å². The Labute approximate surface area is 78.2 Å². The zero-order chi connectivity index (χ0) is 9.14. The van der Waals surface area contributed by atoms with Gasteiger partial charge in [-0.05, 0) is 18.6 Å². The Morgan fingerprint density at radius 1 is 1.50 bits per heavy atom. The van der Waals surface area contributed by atoms with Gasteiger partial charge in [0, 0.05) is 16.9 Å². The predicted molar refractivity (Wildman–Crippen MR) is 53.1 cm³/mol. The summed E-state index contributed by atoms with van der Waals surface area (Å²) in [5.41, 5.74) is 1.86. The molecule has 2 heteroatoms. The molecule has 1 nitrogen and oxygen atoms in total. The molecule has 0 fully saturated rings. The molecule has 12 heavy (non-hydrogen) atoms. The SMILES string of the molecule is CCC(=O)c1ccc(C)cc1S. The maximum absolute atomic E-state index is 11.3. The highest BCUT2D eigenvalue weighted by atomic mass is 32.1. The first kappa shape index (κ1) is 9.33. The monoisotopic (exact) mass is 180 g/mol. The number of rotatable bonds is 2. The molecule has 0 aliphatic heterocycles. The van der Waals surface area contributed by atoms with Gasteiger partial charge in [0.25, 0.3) is 0 Å². The van der Waals surface area contributed by atoms with Crippen LogP contribution < -0.4 is 0 Å². The molecule has 0 amide bonds. The van der Waals surface area contributed by atoms with Crippen LogP contribution in [0, 0.1) is 6.92 Å². The molecule has 0 spiro atoms. The molecular formula is C10H12OS. The van der Waals surface area contributed by atoms with Crippen LogP contribution in [0.25, 0.3) is 0 Å². The lowest BCUT2D eigenvalue weighted by Crippen LogP contribution is -1.97. The van der Waals surface area contributed by atoms with Gasteiger partial charge < -0.3 is 0 Å². The number of hydrogen-bond donors (Lipinski definition) is 1. The highest BCUT2D eigenvalue weighted by molar-refractivity contribution is 7.80. The first-order valence-electron chi connectivity index (χ1n) is 3.98. The number of carbonyl (C=O) groups excluding carboxylic acids is 1. The van der Waals surface area contributed by atoms with Crippen molar-refractivity contribution < 1.29 is 4.79 Å². The fourth-order valence-electron chi connectivity index (χ4n) is 1.07. The lowest BCUT2D eigenvalue weighted by Gasteiger charge is -2.02. The second kappa shape index (κ2) is 3.76. The molecule has 0 bridgehead atoms. The molecule has 1 rings (SSSR count). The van der Waals surface area contributed by atoms with Crippen LogP contribution in [-0.2, 0) is 0 Å². The Balaban J connectivity index is 3.09. The molecule has 0 aliphatic rings. The van der Waals surface area contributed by atoms with Crippen molar-refractivity contribution in [3.63, 3.8) is 0 Å². The van der Waals surface area contributed by atoms with Gasteiger partial charge in [-0.3, -0.25) is 4.79 Å². The predicted octanol–water partition coefficient (Wildman–Crippen LogP) is 2.88. The summed E-state index contributed by atoms with van der Waals surface area (Å²) in [5, 5.41) is 0. The first-order chi connectivity index (χ1) is 5.65. The molecule has 1 aromatic carbocycles. The third kappa shape index (κ3) is 1.89. The lowest BCUT2D eigenvalue weighted by molar-refractivity contribution is 0.0985. The second-order valence-corrected chi connectivity index (χ2v) is 3.28. The van der Waals surface area contributed by atoms with Crippen LogP contribution in [0.3, 0.4) is 0 Å². The zero-order valence-corrected chi connectivity index (χ0v) is 8.19. The van der Waals surface area contributed by atoms with E-state index < -0.39 is 0 Å². The van der Waals surface area contributed by atoms with E-state index in [4.69, 9.17) is 0 Å². The van der Waals surface area contributed by atoms with Gasteiger partial charge in [-0.2, -0.15) is 0 Å². The van der Waals surface area contributed by atoms with Crippen LogP contribution in [-0.4, -0.2) is 5.78 Å². The first-order valence-corrected chi connectivity index (χ1v) is 4.42. The Hall–Kier alpha value is -0.760. The van der Waals surface area contributed by atoms with Crippen molar-refractivity contribution in [1.29, 1.82) is 0 Å². The van der Waals surface area contributed by atoms with Crippen LogP contribution in [0.4, 0.5) is 0 Å². The van der Waals surface area contributed by atoms with E-state index in [1.54, 1.807) is 0 Å². The van der Waals surface area contributed by atoms with Crippen LogP contribution in [0.15, 0.2) is 23.1 Å². The van der Waals surface area contributed by atoms with Gasteiger partial charge in [-0.25, -0.2) is 0 Å². The maximum Gasteiger partial charge on any atom is 0.163 e. The summed E-state index contributed by atoms with van der Waals surface area (Å²) in [4.78, 5) is 12.1. The molecule has 0 saturated carbocycles. The van der Waals surface area contributed by atoms with Crippen molar-refractivity contribution in [2.45, 2.75) is 25.2 Å². The van der Waals surface area contributed by atoms with Crippen molar-refractivity contribution >= 4 is 18.4 Å². The van der Waals surface area contributed by atoms with Gasteiger partial charge in [0.2, 0.25) is 0 Å². The highest BCUT2D eigenvalue weighted by Crippen LogP contribution is 2.16. The molecule has 1 aromatic rings. The highest BCUT2D eigenvalue weighted by Gasteiger charge is 2.05. The quantitative estimate of drug-likeness (QED) is 0.547. The number of aryl methyl sites for hydroxylation is 1. The topological polar surface area (TPSA) is 17.1 Å². The molecular weight excluding hydrogens is 168 g/mol. The van der Waals surface area contributed by atoms with E-state index in [0.717, 1.165) is 16.0 Å². The summed E-state index contributed by atoms with van der Waals surface area (Å²) in [6, 6.07) is 5.68. The summed E-state index contributed by atoms with van der Waals surface area (Å²) in [6.45, 7) is 3.84. The Morgan fingerprint density at radius 3 is 2.67 bits per heavy atom. The van der Waals surface area contributed by atoms with Crippen molar-refractivity contribution in [3.05, 3.63) is 29.3 Å². The summed E-state index contributed by atoms with van der Waals surface area (Å²) < 4.78 is 0. The summed E-state index contributed by atoms with van der Waals surface area (Å²) in [5.74, 6) is 0.153. The zero-order valence-electron chi connectivity index (χ0n) is 7.29. The van der Waals surface area contributed by atoms with Gasteiger partial charge in [0.05, 0.1) is 0 Å². The van der Waals surface area contributed by atoms with Crippen LogP contribution in [0.1, 0.15) is 29.3 Å². The minimum absolute atomic E-state index is 0.153. The van der Waals surface area contributed by atoms with E-state index in [-0.39, 0.29) is 5.78 Å². The molecule has 0 radical (unpaired) electrons. The van der Waals surface area contributed by atoms with E-state index in [1.807, 2.05) is 32.0 Å². The number of Topliss-reactive ketones (excluding diaryl/α,β-unsaturated/α-hetero) is 1. The molecule has 0 aromatic heterocycles. The number of carbonyl (C=O) groups is 1. The van der Waals surface area contributed by atoms with E-state index in [9.17, 15) is 4.79 Å². The molecule has 0 N–H and O–H groups in total. The van der Waals surface area contributed by atoms with E-state index in [0.29, 0.717) is 6.42 Å². The number of thiol groups is 1. The molecule has 0 unspecified atom stereocenters. The van der Waals surface area contributed by atoms with Crippen molar-refractivity contribution in [1.82, 2.24) is 0 Å². The fourth-order valence-corrected chi connectivity index (χ4v) is 1.47. The minimum Gasteiger partial charge on any atom is -0.294 e. The lowest BCUT2D eigenvalue weighted by atomic mass is 10.1. The Kier molecular flexibility index (Phi) is 2.93. The summed E-state index contributed by atoms with van der Waals surface area (Å²) in [7, 11) is 0. The average molecular weight is 180 g/mol. The smallest absolute Gasteiger partial charge is 0.163 e. The van der Waals surface area contributed by atoms with Crippen molar-refractivity contribution in [2.75, 3.05) is 0 Å². The summed E-state index contributed by atoms with van der Waals surface area (Å²) >= 11 is 4.24. The molecule has 0 atom stereocenters. The summed E-state index contributed by atoms with van der Waals surface area (Å²) in [6.07, 6.45) is 0.538. The third-order valence-electron chi connectivity index (χ3n) is 1.77. The van der Waals surface area contributed by atoms with Gasteiger partial charge >= 0.3 is 0 Å². The van der Waals surface area contributed by atoms with Gasteiger partial charge in [0.1, 0.15) is 0 Å². The van der Waals surface area contributed by atoms with E-state index in [1.165, 1.54) is 0 Å². The minimum atomic E-state index is 0.153. The second-order valence-electron chi connectivity index (χ2n) is 2.80. The Morgan fingerprint density at radius 2 is 2.17 bits per heavy atom. The maximum atomic E-state index is 11.3. The largest absolute Gasteiger partial charge is 0.294 e. The Bertz CT molecular complexity index is 305. The van der Waals surface area contributed by atoms with Gasteiger partial charge in [0.15, 0.2) is 5.78 Å². The average Bonchev–Trinajstić information content (AvgIpc) is 2.03. The van der Waals surface area contributed by atoms with Crippen LogP contribution in [0.5, 0.6) is 0 Å². The van der Waals surface area contributed by atoms with E-state index >= 15 is 0 Å². The van der Waals surface area contributed by atoms with Gasteiger partial charge in [-0.1, -0.05) is 19.1 Å². The number of ketones is 1. The van der Waals surface area contributed by atoms with Crippen LogP contribution in [0.2, 0.25) is 0 Å². The third-order valence-corrected chi connectivity index (χ3v) is 2.14. The standard InChI is InChI=1S/C10H12OS/c1-3-9(11)8-5-4-7(2)6-10(8)12/h4-6,12H,3H2,1-2H3. The van der Waals surface area contributed by atoms with Gasteiger partial charge in [-0.15, -0.1) is 12.6 Å². The number of benzene rings is 1. The molecule has 0 heterocycles.